The molecule has 0 aliphatic rings. The van der Waals surface area contributed by atoms with Crippen LogP contribution in [-0.2, 0) is 10.5 Å². The Hall–Kier alpha value is -0.710. The minimum absolute atomic E-state index is 0.476. The molecular weight excluding hydrogens is 258 g/mol. The van der Waals surface area contributed by atoms with Gasteiger partial charge in [0.05, 0.1) is 0 Å². The molecule has 1 rings (SSSR count). The minimum Gasteiger partial charge on any atom is -0.480 e. The normalized spacial score (nSPS) is 12.4. The van der Waals surface area contributed by atoms with E-state index in [2.05, 4.69) is 0 Å². The van der Waals surface area contributed by atoms with Gasteiger partial charge in [0.15, 0.2) is 0 Å². The molecule has 0 fully saturated rings. The Morgan fingerprint density at radius 3 is 2.88 bits per heavy atom. The first-order chi connectivity index (χ1) is 8.00. The van der Waals surface area contributed by atoms with E-state index < -0.39 is 12.0 Å². The highest BCUT2D eigenvalue weighted by Gasteiger charge is 2.10. The molecule has 1 aromatic carbocycles. The maximum absolute atomic E-state index is 10.5. The Balaban J connectivity index is 2.34. The van der Waals surface area contributed by atoms with Crippen LogP contribution in [0.1, 0.15) is 17.5 Å². The van der Waals surface area contributed by atoms with Crippen molar-refractivity contribution in [2.75, 3.05) is 5.75 Å². The van der Waals surface area contributed by atoms with Crippen molar-refractivity contribution >= 4 is 29.3 Å². The molecule has 1 aromatic rings. The molecule has 0 heterocycles. The monoisotopic (exact) mass is 273 g/mol. The molecule has 3 nitrogen and oxygen atoms in total. The summed E-state index contributed by atoms with van der Waals surface area (Å²) in [5.41, 5.74) is 7.62. The number of benzene rings is 1. The van der Waals surface area contributed by atoms with Crippen LogP contribution in [-0.4, -0.2) is 22.9 Å². The first-order valence-electron chi connectivity index (χ1n) is 5.32. The Morgan fingerprint density at radius 2 is 2.29 bits per heavy atom. The minimum atomic E-state index is -0.945. The quantitative estimate of drug-likeness (QED) is 0.782. The molecular formula is C12H16ClNO2S. The third-order valence-corrected chi connectivity index (χ3v) is 3.75. The number of hydrogen-bond acceptors (Lipinski definition) is 3. The summed E-state index contributed by atoms with van der Waals surface area (Å²) in [5, 5.41) is 9.38. The van der Waals surface area contributed by atoms with Crippen molar-refractivity contribution in [1.82, 2.24) is 0 Å². The Morgan fingerprint density at radius 1 is 1.59 bits per heavy atom. The van der Waals surface area contributed by atoms with Crippen molar-refractivity contribution in [3.8, 4) is 0 Å². The molecule has 94 valence electrons. The van der Waals surface area contributed by atoms with Crippen LogP contribution in [0.25, 0.3) is 0 Å². The van der Waals surface area contributed by atoms with Crippen molar-refractivity contribution in [1.29, 1.82) is 0 Å². The van der Waals surface area contributed by atoms with E-state index in [4.69, 9.17) is 22.4 Å². The van der Waals surface area contributed by atoms with Gasteiger partial charge in [-0.2, -0.15) is 11.8 Å². The van der Waals surface area contributed by atoms with Crippen LogP contribution in [0.5, 0.6) is 0 Å². The highest BCUT2D eigenvalue weighted by molar-refractivity contribution is 7.98. The largest absolute Gasteiger partial charge is 0.480 e. The van der Waals surface area contributed by atoms with Gasteiger partial charge in [-0.25, -0.2) is 0 Å². The zero-order valence-electron chi connectivity index (χ0n) is 9.65. The number of thioether (sulfide) groups is 1. The van der Waals surface area contributed by atoms with Gasteiger partial charge in [-0.05, 0) is 36.3 Å². The van der Waals surface area contributed by atoms with Gasteiger partial charge in [0, 0.05) is 10.8 Å². The second kappa shape index (κ2) is 6.89. The van der Waals surface area contributed by atoms with E-state index in [1.54, 1.807) is 11.8 Å². The van der Waals surface area contributed by atoms with Crippen molar-refractivity contribution in [2.24, 2.45) is 5.73 Å². The van der Waals surface area contributed by atoms with Crippen LogP contribution in [0.3, 0.4) is 0 Å². The zero-order chi connectivity index (χ0) is 12.8. The molecule has 0 amide bonds. The molecule has 0 spiro atoms. The van der Waals surface area contributed by atoms with Gasteiger partial charge in [0.1, 0.15) is 6.04 Å². The smallest absolute Gasteiger partial charge is 0.320 e. The standard InChI is InChI=1S/C12H16ClNO2S/c1-8-2-3-9(10(13)6-8)7-17-5-4-11(14)12(15)16/h2-3,6,11H,4-5,7,14H2,1H3,(H,15,16). The third-order valence-electron chi connectivity index (χ3n) is 2.36. The number of carboxylic acid groups (broad SMARTS) is 1. The van der Waals surface area contributed by atoms with Crippen LogP contribution < -0.4 is 5.73 Å². The number of hydrogen-bond donors (Lipinski definition) is 2. The van der Waals surface area contributed by atoms with Crippen molar-refractivity contribution < 1.29 is 9.90 Å². The predicted octanol–water partition coefficient (Wildman–Crippen LogP) is 2.68. The molecule has 0 aliphatic heterocycles. The molecule has 5 heteroatoms. The molecule has 3 N–H and O–H groups in total. The third kappa shape index (κ3) is 4.98. The number of halogens is 1. The number of carboxylic acids is 1. The van der Waals surface area contributed by atoms with E-state index in [9.17, 15) is 4.79 Å². The highest BCUT2D eigenvalue weighted by atomic mass is 35.5. The molecule has 0 bridgehead atoms. The maximum Gasteiger partial charge on any atom is 0.320 e. The lowest BCUT2D eigenvalue weighted by Gasteiger charge is -2.07. The zero-order valence-corrected chi connectivity index (χ0v) is 11.2. The Bertz CT molecular complexity index is 398. The Kier molecular flexibility index (Phi) is 5.82. The lowest BCUT2D eigenvalue weighted by molar-refractivity contribution is -0.138. The predicted molar refractivity (Wildman–Crippen MR) is 72.6 cm³/mol. The average molecular weight is 274 g/mol. The molecule has 0 saturated heterocycles. The van der Waals surface area contributed by atoms with Crippen molar-refractivity contribution in [2.45, 2.75) is 25.1 Å². The van der Waals surface area contributed by atoms with E-state index in [-0.39, 0.29) is 0 Å². The summed E-state index contributed by atoms with van der Waals surface area (Å²) in [6.07, 6.45) is 0.476. The summed E-state index contributed by atoms with van der Waals surface area (Å²) in [6, 6.07) is 5.18. The van der Waals surface area contributed by atoms with Gasteiger partial charge in [-0.1, -0.05) is 23.7 Å². The van der Waals surface area contributed by atoms with Crippen LogP contribution >= 0.6 is 23.4 Å². The highest BCUT2D eigenvalue weighted by Crippen LogP contribution is 2.22. The summed E-state index contributed by atoms with van der Waals surface area (Å²) < 4.78 is 0. The fourth-order valence-corrected chi connectivity index (χ4v) is 2.70. The van der Waals surface area contributed by atoms with Crippen molar-refractivity contribution in [3.63, 3.8) is 0 Å². The van der Waals surface area contributed by atoms with Gasteiger partial charge in [0.25, 0.3) is 0 Å². The molecule has 0 aromatic heterocycles. The lowest BCUT2D eigenvalue weighted by Crippen LogP contribution is -2.30. The molecule has 0 saturated carbocycles. The number of carbonyl (C=O) groups is 1. The first-order valence-corrected chi connectivity index (χ1v) is 6.85. The second-order valence-electron chi connectivity index (χ2n) is 3.88. The number of nitrogens with two attached hydrogens (primary N) is 1. The number of rotatable bonds is 6. The van der Waals surface area contributed by atoms with Crippen LogP contribution in [0.4, 0.5) is 0 Å². The van der Waals surface area contributed by atoms with Crippen LogP contribution in [0.2, 0.25) is 5.02 Å². The summed E-state index contributed by atoms with van der Waals surface area (Å²) >= 11 is 7.73. The topological polar surface area (TPSA) is 63.3 Å². The van der Waals surface area contributed by atoms with Crippen molar-refractivity contribution in [3.05, 3.63) is 34.3 Å². The average Bonchev–Trinajstić information content (AvgIpc) is 2.26. The van der Waals surface area contributed by atoms with E-state index in [0.29, 0.717) is 6.42 Å². The molecule has 1 unspecified atom stereocenters. The van der Waals surface area contributed by atoms with Crippen LogP contribution in [0, 0.1) is 6.92 Å². The maximum atomic E-state index is 10.5. The van der Waals surface area contributed by atoms with E-state index in [1.165, 1.54) is 0 Å². The molecule has 1 atom stereocenters. The molecule has 0 radical (unpaired) electrons. The summed E-state index contributed by atoms with van der Waals surface area (Å²) in [4.78, 5) is 10.5. The van der Waals surface area contributed by atoms with E-state index in [1.807, 2.05) is 25.1 Å². The molecule has 0 aliphatic carbocycles. The summed E-state index contributed by atoms with van der Waals surface area (Å²) in [6.45, 7) is 1.99. The van der Waals surface area contributed by atoms with Gasteiger partial charge >= 0.3 is 5.97 Å². The second-order valence-corrected chi connectivity index (χ2v) is 5.39. The van der Waals surface area contributed by atoms with Gasteiger partial charge in [-0.15, -0.1) is 0 Å². The van der Waals surface area contributed by atoms with E-state index in [0.717, 1.165) is 27.7 Å². The summed E-state index contributed by atoms with van der Waals surface area (Å²) in [5.74, 6) is 0.558. The Labute approximate surface area is 110 Å². The molecule has 17 heavy (non-hydrogen) atoms. The van der Waals surface area contributed by atoms with Gasteiger partial charge < -0.3 is 10.8 Å². The number of aliphatic carboxylic acids is 1. The summed E-state index contributed by atoms with van der Waals surface area (Å²) in [7, 11) is 0. The van der Waals surface area contributed by atoms with E-state index >= 15 is 0 Å². The first kappa shape index (κ1) is 14.4. The van der Waals surface area contributed by atoms with Crippen LogP contribution in [0.15, 0.2) is 18.2 Å². The van der Waals surface area contributed by atoms with Gasteiger partial charge in [-0.3, -0.25) is 4.79 Å². The SMILES string of the molecule is Cc1ccc(CSCCC(N)C(=O)O)c(Cl)c1. The lowest BCUT2D eigenvalue weighted by atomic mass is 10.2. The fraction of sp³-hybridized carbons (Fsp3) is 0.417. The fourth-order valence-electron chi connectivity index (χ4n) is 1.29. The van der Waals surface area contributed by atoms with Gasteiger partial charge in [0.2, 0.25) is 0 Å². The number of aryl methyl sites for hydroxylation is 1.